The third kappa shape index (κ3) is 9.68. The molecule has 0 fully saturated rings. The van der Waals surface area contributed by atoms with E-state index in [4.69, 9.17) is 5.11 Å². The Morgan fingerprint density at radius 2 is 1.52 bits per heavy atom. The van der Waals surface area contributed by atoms with Crippen molar-refractivity contribution < 1.29 is 9.90 Å². The normalized spacial score (nSPS) is 13.1. The molecule has 1 aliphatic heterocycles. The van der Waals surface area contributed by atoms with E-state index in [1.807, 2.05) is 46.2 Å². The minimum Gasteiger partial charge on any atom is -0.478 e. The SMILES string of the molecule is C.CC(C)(C)C1=NC=CC1.CC(C)(C)c1ccccc1C(=O)O.Cn1nnnc1C(C)(C)C. The van der Waals surface area contributed by atoms with Gasteiger partial charge in [0, 0.05) is 36.2 Å². The number of aliphatic imine (C=N–C) groups is 1. The van der Waals surface area contributed by atoms with Gasteiger partial charge in [0.05, 0.1) is 5.56 Å². The molecular formula is C26H43N5O2. The first kappa shape index (κ1) is 30.2. The van der Waals surface area contributed by atoms with E-state index in [2.05, 4.69) is 68.1 Å². The molecule has 0 saturated carbocycles. The fourth-order valence-electron chi connectivity index (χ4n) is 3.05. The molecule has 0 unspecified atom stereocenters. The number of rotatable bonds is 1. The number of carboxylic acid groups (broad SMARTS) is 1. The average Bonchev–Trinajstić information content (AvgIpc) is 3.33. The molecule has 0 amide bonds. The maximum atomic E-state index is 10.9. The van der Waals surface area contributed by atoms with Crippen molar-refractivity contribution in [3.8, 4) is 0 Å². The molecule has 7 nitrogen and oxygen atoms in total. The number of aryl methyl sites for hydroxylation is 1. The summed E-state index contributed by atoms with van der Waals surface area (Å²) in [4.78, 5) is 15.1. The van der Waals surface area contributed by atoms with E-state index in [0.29, 0.717) is 5.56 Å². The summed E-state index contributed by atoms with van der Waals surface area (Å²) in [5.41, 5.74) is 2.76. The van der Waals surface area contributed by atoms with Gasteiger partial charge in [0.2, 0.25) is 0 Å². The van der Waals surface area contributed by atoms with Crippen LogP contribution in [0, 0.1) is 5.41 Å². The van der Waals surface area contributed by atoms with Crippen LogP contribution in [-0.2, 0) is 17.9 Å². The Kier molecular flexibility index (Phi) is 10.8. The highest BCUT2D eigenvalue weighted by Gasteiger charge is 2.21. The first-order valence-electron chi connectivity index (χ1n) is 10.8. The lowest BCUT2D eigenvalue weighted by Crippen LogP contribution is -2.17. The van der Waals surface area contributed by atoms with E-state index < -0.39 is 5.97 Å². The Morgan fingerprint density at radius 3 is 1.79 bits per heavy atom. The molecule has 0 spiro atoms. The molecule has 184 valence electrons. The van der Waals surface area contributed by atoms with E-state index in [-0.39, 0.29) is 23.7 Å². The number of hydrogen-bond acceptors (Lipinski definition) is 5. The highest BCUT2D eigenvalue weighted by Crippen LogP contribution is 2.25. The molecule has 7 heteroatoms. The van der Waals surface area contributed by atoms with Crippen LogP contribution in [0.4, 0.5) is 0 Å². The number of carbonyl (C=O) groups is 1. The van der Waals surface area contributed by atoms with Crippen LogP contribution in [0.5, 0.6) is 0 Å². The lowest BCUT2D eigenvalue weighted by molar-refractivity contribution is 0.0694. The summed E-state index contributed by atoms with van der Waals surface area (Å²) in [6.45, 7) is 18.9. The summed E-state index contributed by atoms with van der Waals surface area (Å²) in [6, 6.07) is 7.12. The lowest BCUT2D eigenvalue weighted by atomic mass is 9.84. The maximum absolute atomic E-state index is 10.9. The van der Waals surface area contributed by atoms with Gasteiger partial charge in [0.1, 0.15) is 0 Å². The van der Waals surface area contributed by atoms with Gasteiger partial charge in [0.25, 0.3) is 0 Å². The smallest absolute Gasteiger partial charge is 0.335 e. The fourth-order valence-corrected chi connectivity index (χ4v) is 3.05. The summed E-state index contributed by atoms with van der Waals surface area (Å²) in [5.74, 6) is 0.0537. The van der Waals surface area contributed by atoms with Gasteiger partial charge in [-0.25, -0.2) is 9.48 Å². The lowest BCUT2D eigenvalue weighted by Gasteiger charge is -2.20. The van der Waals surface area contributed by atoms with E-state index in [1.165, 1.54) is 5.71 Å². The zero-order chi connectivity index (χ0) is 24.7. The van der Waals surface area contributed by atoms with Crippen LogP contribution in [0.1, 0.15) is 97.9 Å². The van der Waals surface area contributed by atoms with Gasteiger partial charge < -0.3 is 5.11 Å². The second kappa shape index (κ2) is 11.9. The van der Waals surface area contributed by atoms with Gasteiger partial charge in [-0.2, -0.15) is 0 Å². The largest absolute Gasteiger partial charge is 0.478 e. The molecular weight excluding hydrogens is 414 g/mol. The summed E-state index contributed by atoms with van der Waals surface area (Å²) < 4.78 is 1.69. The highest BCUT2D eigenvalue weighted by molar-refractivity contribution is 5.92. The number of carboxylic acids is 1. The second-order valence-corrected chi connectivity index (χ2v) is 10.9. The average molecular weight is 458 g/mol. The fraction of sp³-hybridized carbons (Fsp3) is 0.577. The van der Waals surface area contributed by atoms with Crippen LogP contribution >= 0.6 is 0 Å². The predicted octanol–water partition coefficient (Wildman–Crippen LogP) is 6.22. The highest BCUT2D eigenvalue weighted by atomic mass is 16.4. The Morgan fingerprint density at radius 1 is 0.939 bits per heavy atom. The molecule has 0 bridgehead atoms. The zero-order valence-corrected chi connectivity index (χ0v) is 21.3. The quantitative estimate of drug-likeness (QED) is 0.549. The van der Waals surface area contributed by atoms with Crippen molar-refractivity contribution >= 4 is 11.7 Å². The van der Waals surface area contributed by atoms with Crippen LogP contribution < -0.4 is 0 Å². The first-order valence-corrected chi connectivity index (χ1v) is 10.8. The number of benzene rings is 1. The topological polar surface area (TPSA) is 93.3 Å². The van der Waals surface area contributed by atoms with Crippen molar-refractivity contribution in [2.45, 2.75) is 87.0 Å². The van der Waals surface area contributed by atoms with Crippen molar-refractivity contribution in [3.63, 3.8) is 0 Å². The van der Waals surface area contributed by atoms with Crippen LogP contribution in [-0.4, -0.2) is 37.0 Å². The number of aromatic nitrogens is 4. The minimum atomic E-state index is -0.856. The van der Waals surface area contributed by atoms with Gasteiger partial charge in [0.15, 0.2) is 5.82 Å². The molecule has 2 heterocycles. The number of tetrazole rings is 1. The number of nitrogens with zero attached hydrogens (tertiary/aromatic N) is 5. The third-order valence-corrected chi connectivity index (χ3v) is 4.77. The van der Waals surface area contributed by atoms with Crippen molar-refractivity contribution in [1.82, 2.24) is 20.2 Å². The molecule has 33 heavy (non-hydrogen) atoms. The Bertz CT molecular complexity index is 952. The standard InChI is InChI=1S/C11H14O2.C8H13N.C6H12N4.CH4/c1-11(2,3)9-7-5-4-6-8(9)10(12)13;1-8(2,3)7-5-4-6-9-7;1-6(2,3)5-7-8-9-10(5)4;/h4-7H,1-3H3,(H,12,13);4,6H,5H2,1-3H3;1-4H3;1H4. The Balaban J connectivity index is 0.000000467. The maximum Gasteiger partial charge on any atom is 0.335 e. The van der Waals surface area contributed by atoms with Gasteiger partial charge in [-0.3, -0.25) is 4.99 Å². The van der Waals surface area contributed by atoms with Crippen LogP contribution in [0.15, 0.2) is 41.5 Å². The third-order valence-electron chi connectivity index (χ3n) is 4.77. The van der Waals surface area contributed by atoms with Crippen LogP contribution in [0.2, 0.25) is 0 Å². The van der Waals surface area contributed by atoms with Crippen molar-refractivity contribution in [2.75, 3.05) is 0 Å². The summed E-state index contributed by atoms with van der Waals surface area (Å²) in [5, 5.41) is 20.1. The van der Waals surface area contributed by atoms with E-state index in [1.54, 1.807) is 16.8 Å². The van der Waals surface area contributed by atoms with E-state index >= 15 is 0 Å². The molecule has 0 saturated heterocycles. The van der Waals surface area contributed by atoms with E-state index in [0.717, 1.165) is 17.8 Å². The second-order valence-electron chi connectivity index (χ2n) is 10.9. The molecule has 1 aromatic carbocycles. The summed E-state index contributed by atoms with van der Waals surface area (Å²) >= 11 is 0. The molecule has 0 radical (unpaired) electrons. The molecule has 0 atom stereocenters. The van der Waals surface area contributed by atoms with Gasteiger partial charge in [-0.05, 0) is 27.5 Å². The predicted molar refractivity (Wildman–Crippen MR) is 137 cm³/mol. The monoisotopic (exact) mass is 457 g/mol. The van der Waals surface area contributed by atoms with Crippen molar-refractivity contribution in [1.29, 1.82) is 0 Å². The molecule has 1 aromatic heterocycles. The van der Waals surface area contributed by atoms with Crippen LogP contribution in [0.3, 0.4) is 0 Å². The minimum absolute atomic E-state index is 0. The first-order chi connectivity index (χ1) is 14.5. The Hall–Kier alpha value is -2.83. The summed E-state index contributed by atoms with van der Waals surface area (Å²) in [6.07, 6.45) is 5.03. The molecule has 3 rings (SSSR count). The zero-order valence-electron chi connectivity index (χ0n) is 21.3. The van der Waals surface area contributed by atoms with Gasteiger partial charge >= 0.3 is 5.97 Å². The molecule has 0 aliphatic carbocycles. The van der Waals surface area contributed by atoms with Gasteiger partial charge in [-0.15, -0.1) is 5.10 Å². The number of aromatic carboxylic acids is 1. The van der Waals surface area contributed by atoms with Crippen molar-refractivity contribution in [2.24, 2.45) is 17.5 Å². The molecule has 1 aliphatic rings. The number of allylic oxidation sites excluding steroid dienone is 1. The van der Waals surface area contributed by atoms with Crippen molar-refractivity contribution in [3.05, 3.63) is 53.5 Å². The number of hydrogen-bond donors (Lipinski definition) is 1. The van der Waals surface area contributed by atoms with Crippen LogP contribution in [0.25, 0.3) is 0 Å². The van der Waals surface area contributed by atoms with E-state index in [9.17, 15) is 4.79 Å². The molecule has 2 aromatic rings. The Labute approximate surface area is 200 Å². The van der Waals surface area contributed by atoms with Gasteiger partial charge in [-0.1, -0.05) is 94.0 Å². The summed E-state index contributed by atoms with van der Waals surface area (Å²) in [7, 11) is 1.85. The molecule has 1 N–H and O–H groups in total.